The van der Waals surface area contributed by atoms with Crippen molar-refractivity contribution in [2.45, 2.75) is 30.0 Å². The van der Waals surface area contributed by atoms with E-state index in [1.807, 2.05) is 24.3 Å². The molecule has 6 nitrogen and oxygen atoms in total. The number of hydrogen-bond acceptors (Lipinski definition) is 5. The Morgan fingerprint density at radius 2 is 1.79 bits per heavy atom. The fraction of sp³-hybridized carbons (Fsp3) is 0.312. The summed E-state index contributed by atoms with van der Waals surface area (Å²) in [5, 5.41) is 9.20. The number of nitrogens with two attached hydrogens (primary N) is 2. The number of thiophene rings is 1. The first kappa shape index (κ1) is 18.6. The van der Waals surface area contributed by atoms with Gasteiger partial charge >= 0.3 is 0 Å². The Balaban J connectivity index is 1.97. The zero-order chi connectivity index (χ0) is 17.9. The number of carbonyl (C=O) groups is 1. The van der Waals surface area contributed by atoms with Crippen molar-refractivity contribution in [2.24, 2.45) is 10.9 Å². The highest BCUT2D eigenvalue weighted by molar-refractivity contribution is 7.91. The van der Waals surface area contributed by atoms with Crippen LogP contribution < -0.4 is 16.2 Å². The van der Waals surface area contributed by atoms with Gasteiger partial charge in [-0.1, -0.05) is 38.1 Å². The molecular formula is C16H21N3O3S2. The molecule has 0 aliphatic heterocycles. The Labute approximate surface area is 145 Å². The van der Waals surface area contributed by atoms with Crippen LogP contribution in [-0.4, -0.2) is 20.9 Å². The van der Waals surface area contributed by atoms with E-state index in [1.165, 1.54) is 17.0 Å². The summed E-state index contributed by atoms with van der Waals surface area (Å²) in [6.07, 6.45) is 0. The highest BCUT2D eigenvalue weighted by Crippen LogP contribution is 2.19. The Morgan fingerprint density at radius 3 is 2.29 bits per heavy atom. The molecule has 0 aliphatic rings. The molecule has 8 heteroatoms. The standard InChI is InChI=1S/C16H21N3O3S2/c1-10(2)11-3-5-12(6-4-11)14(17)8-19-16(20)13-7-15(23-9-13)24(18,21)22/h3-7,9-10,14H,8,17H2,1-2H3,(H,19,20)(H2,18,21,22). The lowest BCUT2D eigenvalue weighted by Gasteiger charge is -2.14. The van der Waals surface area contributed by atoms with E-state index >= 15 is 0 Å². The van der Waals surface area contributed by atoms with Crippen LogP contribution in [0.15, 0.2) is 39.9 Å². The van der Waals surface area contributed by atoms with E-state index in [0.29, 0.717) is 5.92 Å². The van der Waals surface area contributed by atoms with Gasteiger partial charge in [-0.05, 0) is 23.1 Å². The van der Waals surface area contributed by atoms with Gasteiger partial charge in [-0.2, -0.15) is 0 Å². The summed E-state index contributed by atoms with van der Waals surface area (Å²) in [5.41, 5.74) is 8.50. The lowest BCUT2D eigenvalue weighted by molar-refractivity contribution is 0.0951. The SMILES string of the molecule is CC(C)c1ccc(C(N)CNC(=O)c2csc(S(N)(=O)=O)c2)cc1. The highest BCUT2D eigenvalue weighted by atomic mass is 32.2. The molecule has 1 atom stereocenters. The quantitative estimate of drug-likeness (QED) is 0.723. The summed E-state index contributed by atoms with van der Waals surface area (Å²) in [6, 6.07) is 8.88. The lowest BCUT2D eigenvalue weighted by atomic mass is 9.99. The number of primary sulfonamides is 1. The van der Waals surface area contributed by atoms with Gasteiger partial charge in [0.1, 0.15) is 4.21 Å². The maximum atomic E-state index is 12.1. The van der Waals surface area contributed by atoms with Crippen molar-refractivity contribution in [3.05, 3.63) is 52.4 Å². The number of hydrogen-bond donors (Lipinski definition) is 3. The molecule has 0 fully saturated rings. The van der Waals surface area contributed by atoms with Crippen LogP contribution in [0.1, 0.15) is 47.3 Å². The largest absolute Gasteiger partial charge is 0.350 e. The van der Waals surface area contributed by atoms with E-state index in [4.69, 9.17) is 10.9 Å². The molecule has 1 aromatic heterocycles. The van der Waals surface area contributed by atoms with Gasteiger partial charge < -0.3 is 11.1 Å². The van der Waals surface area contributed by atoms with Gasteiger partial charge in [0.15, 0.2) is 0 Å². The molecule has 1 heterocycles. The average Bonchev–Trinajstić information content (AvgIpc) is 3.02. The summed E-state index contributed by atoms with van der Waals surface area (Å²) in [6.45, 7) is 4.48. The second-order valence-electron chi connectivity index (χ2n) is 5.84. The summed E-state index contributed by atoms with van der Waals surface area (Å²) < 4.78 is 22.4. The zero-order valence-electron chi connectivity index (χ0n) is 13.5. The summed E-state index contributed by atoms with van der Waals surface area (Å²) in [5.74, 6) is 0.0667. The molecular weight excluding hydrogens is 346 g/mol. The average molecular weight is 367 g/mol. The third-order valence-corrected chi connectivity index (χ3v) is 6.02. The number of rotatable bonds is 6. The van der Waals surface area contributed by atoms with Crippen LogP contribution in [0.5, 0.6) is 0 Å². The van der Waals surface area contributed by atoms with Crippen LogP contribution >= 0.6 is 11.3 Å². The zero-order valence-corrected chi connectivity index (χ0v) is 15.2. The minimum absolute atomic E-state index is 0.0405. The predicted octanol–water partition coefficient (Wildman–Crippen LogP) is 1.95. The molecule has 0 aliphatic carbocycles. The number of sulfonamides is 1. The molecule has 0 spiro atoms. The predicted molar refractivity (Wildman–Crippen MR) is 95.5 cm³/mol. The van der Waals surface area contributed by atoms with Crippen LogP contribution in [0.2, 0.25) is 0 Å². The topological polar surface area (TPSA) is 115 Å². The number of carbonyl (C=O) groups excluding carboxylic acids is 1. The van der Waals surface area contributed by atoms with Crippen molar-refractivity contribution in [1.82, 2.24) is 5.32 Å². The van der Waals surface area contributed by atoms with E-state index in [9.17, 15) is 13.2 Å². The van der Waals surface area contributed by atoms with Crippen LogP contribution in [0.4, 0.5) is 0 Å². The van der Waals surface area contributed by atoms with Crippen molar-refractivity contribution in [3.63, 3.8) is 0 Å². The van der Waals surface area contributed by atoms with E-state index in [2.05, 4.69) is 19.2 Å². The molecule has 0 saturated heterocycles. The third kappa shape index (κ3) is 4.64. The smallest absolute Gasteiger partial charge is 0.252 e. The van der Waals surface area contributed by atoms with Crippen molar-refractivity contribution in [3.8, 4) is 0 Å². The van der Waals surface area contributed by atoms with E-state index in [-0.39, 0.29) is 28.3 Å². The Bertz CT molecular complexity index is 811. The molecule has 2 rings (SSSR count). The first-order chi connectivity index (χ1) is 11.2. The lowest BCUT2D eigenvalue weighted by Crippen LogP contribution is -2.31. The Hall–Kier alpha value is -1.74. The molecule has 0 bridgehead atoms. The number of amides is 1. The van der Waals surface area contributed by atoms with E-state index in [0.717, 1.165) is 16.9 Å². The minimum Gasteiger partial charge on any atom is -0.350 e. The number of nitrogens with one attached hydrogen (secondary N) is 1. The molecule has 0 radical (unpaired) electrons. The van der Waals surface area contributed by atoms with Gasteiger partial charge in [0, 0.05) is 18.0 Å². The molecule has 24 heavy (non-hydrogen) atoms. The molecule has 1 aromatic carbocycles. The normalized spacial score (nSPS) is 13.0. The van der Waals surface area contributed by atoms with E-state index < -0.39 is 10.0 Å². The van der Waals surface area contributed by atoms with Gasteiger partial charge in [0.25, 0.3) is 5.91 Å². The molecule has 5 N–H and O–H groups in total. The van der Waals surface area contributed by atoms with Crippen LogP contribution in [0.3, 0.4) is 0 Å². The highest BCUT2D eigenvalue weighted by Gasteiger charge is 2.16. The first-order valence-corrected chi connectivity index (χ1v) is 9.86. The van der Waals surface area contributed by atoms with Crippen molar-refractivity contribution in [1.29, 1.82) is 0 Å². The number of benzene rings is 1. The second kappa shape index (κ2) is 7.43. The van der Waals surface area contributed by atoms with Crippen molar-refractivity contribution < 1.29 is 13.2 Å². The third-order valence-electron chi connectivity index (χ3n) is 3.63. The fourth-order valence-corrected chi connectivity index (χ4v) is 3.72. The molecule has 2 aromatic rings. The molecule has 1 unspecified atom stereocenters. The summed E-state index contributed by atoms with van der Waals surface area (Å²) in [7, 11) is -3.79. The fourth-order valence-electron chi connectivity index (χ4n) is 2.14. The van der Waals surface area contributed by atoms with E-state index in [1.54, 1.807) is 0 Å². The molecule has 1 amide bonds. The Kier molecular flexibility index (Phi) is 5.76. The van der Waals surface area contributed by atoms with Crippen molar-refractivity contribution >= 4 is 27.3 Å². The first-order valence-electron chi connectivity index (χ1n) is 7.43. The van der Waals surface area contributed by atoms with Gasteiger partial charge in [0.05, 0.1) is 5.56 Å². The molecule has 0 saturated carbocycles. The van der Waals surface area contributed by atoms with Gasteiger partial charge in [-0.25, -0.2) is 13.6 Å². The monoisotopic (exact) mass is 367 g/mol. The van der Waals surface area contributed by atoms with Crippen molar-refractivity contribution in [2.75, 3.05) is 6.54 Å². The maximum absolute atomic E-state index is 12.1. The van der Waals surface area contributed by atoms with Gasteiger partial charge in [-0.3, -0.25) is 4.79 Å². The van der Waals surface area contributed by atoms with Gasteiger partial charge in [0.2, 0.25) is 10.0 Å². The Morgan fingerprint density at radius 1 is 1.21 bits per heavy atom. The van der Waals surface area contributed by atoms with Crippen LogP contribution in [0.25, 0.3) is 0 Å². The molecule has 130 valence electrons. The summed E-state index contributed by atoms with van der Waals surface area (Å²) in [4.78, 5) is 12.1. The maximum Gasteiger partial charge on any atom is 0.252 e. The minimum atomic E-state index is -3.79. The second-order valence-corrected chi connectivity index (χ2v) is 8.54. The van der Waals surface area contributed by atoms with Crippen LogP contribution in [0, 0.1) is 0 Å². The van der Waals surface area contributed by atoms with Crippen LogP contribution in [-0.2, 0) is 10.0 Å². The summed E-state index contributed by atoms with van der Waals surface area (Å²) >= 11 is 0.915. The van der Waals surface area contributed by atoms with Gasteiger partial charge in [-0.15, -0.1) is 11.3 Å².